The third-order valence-corrected chi connectivity index (χ3v) is 0.827. The Morgan fingerprint density at radius 1 is 1.10 bits per heavy atom. The molecule has 10 heavy (non-hydrogen) atoms. The van der Waals surface area contributed by atoms with Crippen LogP contribution >= 0.6 is 11.6 Å². The van der Waals surface area contributed by atoms with Gasteiger partial charge in [-0.25, -0.2) is 0 Å². The van der Waals surface area contributed by atoms with E-state index in [0.717, 1.165) is 0 Å². The van der Waals surface area contributed by atoms with E-state index in [2.05, 4.69) is 11.6 Å². The predicted octanol–water partition coefficient (Wildman–Crippen LogP) is 1.74. The number of halogens is 6. The van der Waals surface area contributed by atoms with Crippen LogP contribution < -0.4 is 0 Å². The van der Waals surface area contributed by atoms with Gasteiger partial charge >= 0.3 is 11.6 Å². The van der Waals surface area contributed by atoms with E-state index in [-0.39, 0.29) is 0 Å². The van der Waals surface area contributed by atoms with Gasteiger partial charge in [0.25, 0.3) is 0 Å². The average molecular weight is 184 g/mol. The van der Waals surface area contributed by atoms with Gasteiger partial charge in [0.1, 0.15) is 0 Å². The van der Waals surface area contributed by atoms with Crippen LogP contribution in [0.2, 0.25) is 0 Å². The van der Waals surface area contributed by atoms with Crippen LogP contribution in [-0.2, 0) is 0 Å². The van der Waals surface area contributed by atoms with Crippen LogP contribution in [-0.4, -0.2) is 22.8 Å². The molecule has 0 aromatic heterocycles. The van der Waals surface area contributed by atoms with Crippen molar-refractivity contribution >= 4 is 11.6 Å². The minimum atomic E-state index is -5.38. The van der Waals surface area contributed by atoms with E-state index in [1.54, 1.807) is 0 Å². The van der Waals surface area contributed by atoms with Crippen molar-refractivity contribution in [2.75, 3.05) is 0 Å². The zero-order chi connectivity index (χ0) is 8.58. The fourth-order valence-electron chi connectivity index (χ4n) is 0.186. The maximum absolute atomic E-state index is 11.4. The van der Waals surface area contributed by atoms with Gasteiger partial charge in [0, 0.05) is 0 Å². The highest BCUT2D eigenvalue weighted by Crippen LogP contribution is 2.34. The van der Waals surface area contributed by atoms with Gasteiger partial charge in [0.05, 0.1) is 0 Å². The van der Waals surface area contributed by atoms with E-state index in [0.29, 0.717) is 0 Å². The van der Waals surface area contributed by atoms with Gasteiger partial charge < -0.3 is 5.11 Å². The Bertz CT molecular complexity index is 101. The first-order chi connectivity index (χ1) is 4.15. The molecule has 0 aromatic carbocycles. The third-order valence-electron chi connectivity index (χ3n) is 0.620. The summed E-state index contributed by atoms with van der Waals surface area (Å²) in [4.78, 5) is 0. The van der Waals surface area contributed by atoms with Crippen LogP contribution in [0.4, 0.5) is 22.0 Å². The predicted molar refractivity (Wildman–Crippen MR) is 22.9 cm³/mol. The third kappa shape index (κ3) is 2.66. The van der Waals surface area contributed by atoms with Crippen molar-refractivity contribution < 1.29 is 27.1 Å². The van der Waals surface area contributed by atoms with Crippen LogP contribution in [0, 0.1) is 0 Å². The van der Waals surface area contributed by atoms with E-state index >= 15 is 0 Å². The van der Waals surface area contributed by atoms with Crippen LogP contribution in [0.1, 0.15) is 0 Å². The molecule has 1 N–H and O–H groups in total. The number of aliphatic hydroxyl groups excluding tert-OH is 1. The summed E-state index contributed by atoms with van der Waals surface area (Å²) >= 11 is 3.86. The van der Waals surface area contributed by atoms with Crippen molar-refractivity contribution in [3.05, 3.63) is 0 Å². The number of aliphatic hydroxyl groups is 1. The second-order valence-corrected chi connectivity index (χ2v) is 1.99. The maximum Gasteiger partial charge on any atom is 0.421 e. The highest BCUT2D eigenvalue weighted by atomic mass is 35.5. The fourth-order valence-corrected chi connectivity index (χ4v) is 0.309. The van der Waals surface area contributed by atoms with E-state index in [1.165, 1.54) is 0 Å². The summed E-state index contributed by atoms with van der Waals surface area (Å²) in [5.41, 5.74) is 0. The first-order valence-electron chi connectivity index (χ1n) is 1.97. The van der Waals surface area contributed by atoms with E-state index in [9.17, 15) is 22.0 Å². The van der Waals surface area contributed by atoms with Crippen molar-refractivity contribution in [3.63, 3.8) is 0 Å². The molecule has 0 aliphatic heterocycles. The summed E-state index contributed by atoms with van der Waals surface area (Å²) in [6, 6.07) is 0. The van der Waals surface area contributed by atoms with Crippen molar-refractivity contribution in [1.82, 2.24) is 0 Å². The molecule has 0 aromatic rings. The summed E-state index contributed by atoms with van der Waals surface area (Å²) in [7, 11) is 0. The number of hydrogen-bond donors (Lipinski definition) is 1. The quantitative estimate of drug-likeness (QED) is 0.486. The van der Waals surface area contributed by atoms with Crippen LogP contribution in [0.25, 0.3) is 0 Å². The van der Waals surface area contributed by atoms with Crippen molar-refractivity contribution in [3.8, 4) is 0 Å². The minimum Gasteiger partial charge on any atom is -0.378 e. The largest absolute Gasteiger partial charge is 0.421 e. The molecule has 0 fully saturated rings. The topological polar surface area (TPSA) is 20.2 Å². The van der Waals surface area contributed by atoms with Crippen LogP contribution in [0.5, 0.6) is 0 Å². The van der Waals surface area contributed by atoms with E-state index in [1.807, 2.05) is 0 Å². The molecule has 0 saturated heterocycles. The molecule has 1 atom stereocenters. The van der Waals surface area contributed by atoms with Gasteiger partial charge in [-0.05, 0) is 11.6 Å². The molecule has 0 radical (unpaired) electrons. The lowest BCUT2D eigenvalue weighted by molar-refractivity contribution is -0.247. The molecule has 0 saturated carbocycles. The van der Waals surface area contributed by atoms with Crippen LogP contribution in [0.15, 0.2) is 0 Å². The van der Waals surface area contributed by atoms with Gasteiger partial charge in [0.2, 0.25) is 6.10 Å². The lowest BCUT2D eigenvalue weighted by atomic mass is 10.4. The monoisotopic (exact) mass is 184 g/mol. The van der Waals surface area contributed by atoms with Crippen molar-refractivity contribution in [1.29, 1.82) is 0 Å². The molecule has 0 spiro atoms. The number of rotatable bonds is 1. The van der Waals surface area contributed by atoms with Gasteiger partial charge in [-0.15, -0.1) is 0 Å². The molecule has 7 heteroatoms. The first kappa shape index (κ1) is 9.90. The summed E-state index contributed by atoms with van der Waals surface area (Å²) in [5, 5.41) is 3.06. The second kappa shape index (κ2) is 2.50. The van der Waals surface area contributed by atoms with Gasteiger partial charge in [-0.3, -0.25) is 0 Å². The lowest BCUT2D eigenvalue weighted by Gasteiger charge is -2.17. The molecule has 0 bridgehead atoms. The zero-order valence-electron chi connectivity index (χ0n) is 4.29. The van der Waals surface area contributed by atoms with E-state index < -0.39 is 17.7 Å². The Kier molecular flexibility index (Phi) is 2.48. The molecule has 62 valence electrons. The molecule has 0 unspecified atom stereocenters. The molecular weight excluding hydrogens is 182 g/mol. The average Bonchev–Trinajstić information content (AvgIpc) is 1.59. The van der Waals surface area contributed by atoms with E-state index in [4.69, 9.17) is 5.11 Å². The smallest absolute Gasteiger partial charge is 0.378 e. The van der Waals surface area contributed by atoms with Crippen molar-refractivity contribution in [2.45, 2.75) is 17.7 Å². The molecular formula is C3H2ClF5O. The molecule has 0 aliphatic rings. The Morgan fingerprint density at radius 3 is 1.40 bits per heavy atom. The highest BCUT2D eigenvalue weighted by molar-refractivity contribution is 6.22. The molecule has 0 amide bonds. The Morgan fingerprint density at radius 2 is 1.40 bits per heavy atom. The molecule has 0 rings (SSSR count). The second-order valence-electron chi connectivity index (χ2n) is 1.49. The lowest BCUT2D eigenvalue weighted by Crippen LogP contribution is -2.41. The maximum atomic E-state index is 11.4. The Hall–Kier alpha value is -0.100. The Labute approximate surface area is 57.4 Å². The van der Waals surface area contributed by atoms with Gasteiger partial charge in [0.15, 0.2) is 0 Å². The minimum absolute atomic E-state index is 3.80. The molecule has 0 heterocycles. The SMILES string of the molecule is O[C@@H](C(F)(F)F)C(F)(F)Cl. The van der Waals surface area contributed by atoms with Crippen molar-refractivity contribution in [2.24, 2.45) is 0 Å². The van der Waals surface area contributed by atoms with Crippen LogP contribution in [0.3, 0.4) is 0 Å². The Balaban J connectivity index is 4.23. The van der Waals surface area contributed by atoms with Gasteiger partial charge in [-0.1, -0.05) is 0 Å². The normalized spacial score (nSPS) is 17.1. The number of alkyl halides is 6. The molecule has 1 nitrogen and oxygen atoms in total. The summed E-state index contributed by atoms with van der Waals surface area (Å²) in [6.45, 7) is 0. The molecule has 0 aliphatic carbocycles. The number of hydrogen-bond acceptors (Lipinski definition) is 1. The summed E-state index contributed by atoms with van der Waals surface area (Å²) in [5.74, 6) is 0. The zero-order valence-corrected chi connectivity index (χ0v) is 5.05. The summed E-state index contributed by atoms with van der Waals surface area (Å²) in [6.07, 6.45) is -9.19. The fraction of sp³-hybridized carbons (Fsp3) is 1.00. The van der Waals surface area contributed by atoms with Gasteiger partial charge in [-0.2, -0.15) is 22.0 Å². The summed E-state index contributed by atoms with van der Waals surface area (Å²) < 4.78 is 56.2. The highest BCUT2D eigenvalue weighted by Gasteiger charge is 2.53. The first-order valence-corrected chi connectivity index (χ1v) is 2.35. The standard InChI is InChI=1S/C3H2ClF5O/c4-2(5,6)1(10)3(7,8)9/h1,10H/t1-/m1/s1.